The lowest BCUT2D eigenvalue weighted by Crippen LogP contribution is -2.15. The van der Waals surface area contributed by atoms with E-state index in [1.165, 1.54) is 98.7 Å². The van der Waals surface area contributed by atoms with E-state index in [9.17, 15) is 5.26 Å². The van der Waals surface area contributed by atoms with Crippen molar-refractivity contribution < 1.29 is 0 Å². The Bertz CT molecular complexity index is 2940. The van der Waals surface area contributed by atoms with E-state index >= 15 is 0 Å². The third-order valence-electron chi connectivity index (χ3n) is 11.3. The van der Waals surface area contributed by atoms with E-state index in [1.54, 1.807) is 0 Å². The largest absolute Gasteiger partial charge is 0.192 e. The topological polar surface area (TPSA) is 23.8 Å². The van der Waals surface area contributed by atoms with E-state index in [4.69, 9.17) is 0 Å². The van der Waals surface area contributed by atoms with Gasteiger partial charge in [0.2, 0.25) is 0 Å². The molecule has 0 heterocycles. The average molecular weight is 648 g/mol. The third-order valence-corrected chi connectivity index (χ3v) is 11.3. The van der Waals surface area contributed by atoms with Gasteiger partial charge in [0.1, 0.15) is 0 Å². The second-order valence-corrected chi connectivity index (χ2v) is 14.4. The molecule has 0 bridgehead atoms. The molecule has 0 N–H and O–H groups in total. The van der Waals surface area contributed by atoms with Gasteiger partial charge in [-0.15, -0.1) is 0 Å². The normalized spacial score (nSPS) is 13.0. The maximum Gasteiger partial charge on any atom is 0.0991 e. The molecular weight excluding hydrogens is 615 g/mol. The van der Waals surface area contributed by atoms with Crippen LogP contribution in [0.2, 0.25) is 0 Å². The fourth-order valence-corrected chi connectivity index (χ4v) is 8.81. The van der Waals surface area contributed by atoms with Crippen LogP contribution in [0.15, 0.2) is 164 Å². The summed E-state index contributed by atoms with van der Waals surface area (Å²) in [5.41, 5.74) is 12.9. The maximum atomic E-state index is 9.66. The lowest BCUT2D eigenvalue weighted by atomic mass is 9.80. The lowest BCUT2D eigenvalue weighted by Gasteiger charge is -2.22. The van der Waals surface area contributed by atoms with Crippen molar-refractivity contribution >= 4 is 43.1 Å². The molecule has 0 aliphatic heterocycles. The Kier molecular flexibility index (Phi) is 6.35. The zero-order valence-electron chi connectivity index (χ0n) is 28.5. The van der Waals surface area contributed by atoms with Gasteiger partial charge in [0.25, 0.3) is 0 Å². The van der Waals surface area contributed by atoms with E-state index in [1.807, 2.05) is 6.07 Å². The van der Waals surface area contributed by atoms with E-state index in [2.05, 4.69) is 178 Å². The van der Waals surface area contributed by atoms with Crippen molar-refractivity contribution in [3.05, 3.63) is 180 Å². The molecule has 0 spiro atoms. The summed E-state index contributed by atoms with van der Waals surface area (Å²) in [6, 6.07) is 62.3. The van der Waals surface area contributed by atoms with Crippen molar-refractivity contribution in [2.24, 2.45) is 0 Å². The summed E-state index contributed by atoms with van der Waals surface area (Å²) < 4.78 is 0. The second kappa shape index (κ2) is 11.0. The molecule has 0 radical (unpaired) electrons. The molecule has 0 atom stereocenters. The van der Waals surface area contributed by atoms with Crippen LogP contribution in [-0.4, -0.2) is 0 Å². The summed E-state index contributed by atoms with van der Waals surface area (Å²) in [4.78, 5) is 0. The van der Waals surface area contributed by atoms with Crippen LogP contribution < -0.4 is 0 Å². The highest BCUT2D eigenvalue weighted by molar-refractivity contribution is 6.25. The summed E-state index contributed by atoms with van der Waals surface area (Å²) in [7, 11) is 0. The van der Waals surface area contributed by atoms with Crippen molar-refractivity contribution in [3.63, 3.8) is 0 Å². The maximum absolute atomic E-state index is 9.66. The van der Waals surface area contributed by atoms with Crippen LogP contribution in [0.1, 0.15) is 30.5 Å². The molecule has 0 fully saturated rings. The monoisotopic (exact) mass is 647 g/mol. The Morgan fingerprint density at radius 1 is 0.392 bits per heavy atom. The van der Waals surface area contributed by atoms with Crippen molar-refractivity contribution in [1.82, 2.24) is 0 Å². The number of nitriles is 1. The van der Waals surface area contributed by atoms with Crippen molar-refractivity contribution in [1.29, 1.82) is 5.26 Å². The van der Waals surface area contributed by atoms with E-state index < -0.39 is 0 Å². The first kappa shape index (κ1) is 29.4. The van der Waals surface area contributed by atoms with Gasteiger partial charge in [0.15, 0.2) is 0 Å². The molecule has 0 aromatic heterocycles. The zero-order valence-corrected chi connectivity index (χ0v) is 28.5. The minimum Gasteiger partial charge on any atom is -0.192 e. The molecule has 1 heteroatoms. The first-order valence-corrected chi connectivity index (χ1v) is 17.7. The standard InChI is InChI=1S/C50H33N/c1-50(2)46-27-31(30-51)21-24-38(46)39-25-22-35(29-47(39)50)34-23-26-44-45(28-34)49(41-20-10-14-33-12-4-6-16-37(33)41)43-18-8-7-17-42(43)48(44)40-19-9-13-32-11-3-5-15-36(32)40/h3-29H,1-2H3. The minimum atomic E-state index is -0.212. The molecule has 1 nitrogen and oxygen atoms in total. The third kappa shape index (κ3) is 4.33. The number of nitrogens with zero attached hydrogens (tertiary/aromatic N) is 1. The predicted octanol–water partition coefficient (Wildman–Crippen LogP) is 13.5. The molecule has 0 unspecified atom stereocenters. The van der Waals surface area contributed by atoms with Crippen LogP contribution in [0.25, 0.3) is 87.6 Å². The van der Waals surface area contributed by atoms with Crippen LogP contribution in [0.4, 0.5) is 0 Å². The summed E-state index contributed by atoms with van der Waals surface area (Å²) in [5, 5.41) is 19.6. The molecule has 10 rings (SSSR count). The number of hydrogen-bond donors (Lipinski definition) is 0. The van der Waals surface area contributed by atoms with E-state index in [0.29, 0.717) is 5.56 Å². The number of benzene rings is 9. The fourth-order valence-electron chi connectivity index (χ4n) is 8.81. The number of fused-ring (bicyclic) bond motifs is 7. The Hall–Kier alpha value is -6.49. The van der Waals surface area contributed by atoms with Crippen LogP contribution in [0.5, 0.6) is 0 Å². The molecule has 0 saturated carbocycles. The van der Waals surface area contributed by atoms with Gasteiger partial charge in [-0.3, -0.25) is 0 Å². The van der Waals surface area contributed by atoms with Gasteiger partial charge in [-0.05, 0) is 123 Å². The second-order valence-electron chi connectivity index (χ2n) is 14.4. The van der Waals surface area contributed by atoms with Crippen LogP contribution in [-0.2, 0) is 5.41 Å². The SMILES string of the molecule is CC1(C)c2cc(C#N)ccc2-c2ccc(-c3ccc4c(-c5cccc6ccccc56)c5ccccc5c(-c5cccc6ccccc56)c4c3)cc21. The summed E-state index contributed by atoms with van der Waals surface area (Å²) >= 11 is 0. The van der Waals surface area contributed by atoms with Crippen LogP contribution in [0, 0.1) is 11.3 Å². The highest BCUT2D eigenvalue weighted by Crippen LogP contribution is 2.51. The molecule has 51 heavy (non-hydrogen) atoms. The Labute approximate surface area is 297 Å². The molecule has 0 amide bonds. The van der Waals surface area contributed by atoms with Gasteiger partial charge in [-0.1, -0.05) is 153 Å². The summed E-state index contributed by atoms with van der Waals surface area (Å²) in [6.45, 7) is 4.56. The van der Waals surface area contributed by atoms with E-state index in [-0.39, 0.29) is 5.41 Å². The van der Waals surface area contributed by atoms with Gasteiger partial charge < -0.3 is 0 Å². The number of rotatable bonds is 3. The Balaban J connectivity index is 1.29. The van der Waals surface area contributed by atoms with Crippen molar-refractivity contribution in [2.75, 3.05) is 0 Å². The average Bonchev–Trinajstić information content (AvgIpc) is 3.41. The smallest absolute Gasteiger partial charge is 0.0991 e. The van der Waals surface area contributed by atoms with Crippen LogP contribution in [0.3, 0.4) is 0 Å². The zero-order chi connectivity index (χ0) is 34.3. The van der Waals surface area contributed by atoms with Gasteiger partial charge in [-0.25, -0.2) is 0 Å². The molecule has 238 valence electrons. The molecule has 9 aromatic rings. The van der Waals surface area contributed by atoms with Gasteiger partial charge in [0, 0.05) is 5.41 Å². The molecule has 9 aromatic carbocycles. The Morgan fingerprint density at radius 2 is 0.863 bits per heavy atom. The first-order valence-electron chi connectivity index (χ1n) is 17.7. The highest BCUT2D eigenvalue weighted by Gasteiger charge is 2.36. The Morgan fingerprint density at radius 3 is 1.49 bits per heavy atom. The molecule has 1 aliphatic rings. The summed E-state index contributed by atoms with van der Waals surface area (Å²) in [5.74, 6) is 0. The number of hydrogen-bond acceptors (Lipinski definition) is 1. The van der Waals surface area contributed by atoms with E-state index in [0.717, 1.165) is 0 Å². The van der Waals surface area contributed by atoms with Gasteiger partial charge in [0.05, 0.1) is 11.6 Å². The quantitative estimate of drug-likeness (QED) is 0.175. The molecular formula is C50H33N. The van der Waals surface area contributed by atoms with Crippen molar-refractivity contribution in [2.45, 2.75) is 19.3 Å². The minimum absolute atomic E-state index is 0.212. The molecule has 1 aliphatic carbocycles. The highest BCUT2D eigenvalue weighted by atomic mass is 14.4. The first-order chi connectivity index (χ1) is 25.0. The van der Waals surface area contributed by atoms with Crippen LogP contribution >= 0.6 is 0 Å². The summed E-state index contributed by atoms with van der Waals surface area (Å²) in [6.07, 6.45) is 0. The lowest BCUT2D eigenvalue weighted by molar-refractivity contribution is 0.660. The van der Waals surface area contributed by atoms with Gasteiger partial charge >= 0.3 is 0 Å². The molecule has 0 saturated heterocycles. The predicted molar refractivity (Wildman–Crippen MR) is 215 cm³/mol. The van der Waals surface area contributed by atoms with Crippen molar-refractivity contribution in [3.8, 4) is 50.6 Å². The van der Waals surface area contributed by atoms with Gasteiger partial charge in [-0.2, -0.15) is 5.26 Å². The fraction of sp³-hybridized carbons (Fsp3) is 0.0600.